The number of hydrogen-bond acceptors (Lipinski definition) is 4. The van der Waals surface area contributed by atoms with E-state index in [1.165, 1.54) is 0 Å². The van der Waals surface area contributed by atoms with Crippen molar-refractivity contribution in [1.82, 2.24) is 15.5 Å². The van der Waals surface area contributed by atoms with Gasteiger partial charge in [0.2, 0.25) is 5.91 Å². The van der Waals surface area contributed by atoms with E-state index in [2.05, 4.69) is 30.5 Å². The van der Waals surface area contributed by atoms with Gasteiger partial charge < -0.3 is 25.0 Å². The molecule has 2 N–H and O–H groups in total. The molecule has 1 unspecified atom stereocenters. The van der Waals surface area contributed by atoms with Crippen LogP contribution >= 0.6 is 24.0 Å². The number of hydrogen-bond donors (Lipinski definition) is 2. The Morgan fingerprint density at radius 1 is 1.28 bits per heavy atom. The molecule has 164 valence electrons. The lowest BCUT2D eigenvalue weighted by Gasteiger charge is -2.31. The first-order chi connectivity index (χ1) is 13.3. The smallest absolute Gasteiger partial charge is 0.222 e. The molecule has 1 amide bonds. The van der Waals surface area contributed by atoms with Crippen LogP contribution in [0.5, 0.6) is 11.5 Å². The molecule has 8 heteroatoms. The first-order valence-electron chi connectivity index (χ1n) is 9.82. The van der Waals surface area contributed by atoms with Crippen LogP contribution in [-0.2, 0) is 10.2 Å². The van der Waals surface area contributed by atoms with Crippen LogP contribution in [0, 0.1) is 0 Å². The zero-order chi connectivity index (χ0) is 20.7. The van der Waals surface area contributed by atoms with Gasteiger partial charge in [0.15, 0.2) is 17.5 Å². The van der Waals surface area contributed by atoms with Gasteiger partial charge in [-0.1, -0.05) is 19.9 Å². The van der Waals surface area contributed by atoms with Gasteiger partial charge in [-0.15, -0.1) is 24.0 Å². The molecule has 0 bridgehead atoms. The van der Waals surface area contributed by atoms with Crippen LogP contribution in [0.4, 0.5) is 0 Å². The number of nitrogens with zero attached hydrogens (tertiary/aromatic N) is 2. The molecule has 0 spiro atoms. The maximum Gasteiger partial charge on any atom is 0.222 e. The highest BCUT2D eigenvalue weighted by Gasteiger charge is 2.25. The average molecular weight is 518 g/mol. The van der Waals surface area contributed by atoms with E-state index < -0.39 is 0 Å². The Balaban J connectivity index is 0.00000420. The standard InChI is InChI=1S/C21H34N4O3.HI/c1-7-22-20(24-16-9-11-19(26)25(4)13-16)23-14-21(2,3)15-8-10-17(27-5)18(12-15)28-6;/h8,10,12,16H,7,9,11,13-14H2,1-6H3,(H2,22,23,24);1H. The van der Waals surface area contributed by atoms with Gasteiger partial charge in [-0.05, 0) is 31.0 Å². The van der Waals surface area contributed by atoms with E-state index in [4.69, 9.17) is 14.5 Å². The van der Waals surface area contributed by atoms with Crippen LogP contribution in [-0.4, -0.2) is 63.7 Å². The number of halogens is 1. The Morgan fingerprint density at radius 3 is 2.55 bits per heavy atom. The van der Waals surface area contributed by atoms with Crippen molar-refractivity contribution in [3.05, 3.63) is 23.8 Å². The molecule has 1 aliphatic rings. The summed E-state index contributed by atoms with van der Waals surface area (Å²) < 4.78 is 10.8. The first-order valence-corrected chi connectivity index (χ1v) is 9.82. The highest BCUT2D eigenvalue weighted by molar-refractivity contribution is 14.0. The Labute approximate surface area is 191 Å². The van der Waals surface area contributed by atoms with Crippen molar-refractivity contribution in [2.45, 2.75) is 45.1 Å². The minimum absolute atomic E-state index is 0. The number of benzene rings is 1. The summed E-state index contributed by atoms with van der Waals surface area (Å²) in [6.45, 7) is 8.46. The molecule has 1 atom stereocenters. The van der Waals surface area contributed by atoms with Crippen molar-refractivity contribution in [3.63, 3.8) is 0 Å². The average Bonchev–Trinajstić information content (AvgIpc) is 2.68. The van der Waals surface area contributed by atoms with E-state index in [0.29, 0.717) is 19.5 Å². The summed E-state index contributed by atoms with van der Waals surface area (Å²) in [4.78, 5) is 18.3. The predicted octanol–water partition coefficient (Wildman–Crippen LogP) is 2.78. The van der Waals surface area contributed by atoms with Gasteiger partial charge >= 0.3 is 0 Å². The lowest BCUT2D eigenvalue weighted by molar-refractivity contribution is -0.132. The second kappa shape index (κ2) is 11.5. The van der Waals surface area contributed by atoms with Crippen molar-refractivity contribution in [2.75, 3.05) is 40.9 Å². The third-order valence-corrected chi connectivity index (χ3v) is 5.11. The molecular formula is C21H35IN4O3. The summed E-state index contributed by atoms with van der Waals surface area (Å²) in [5.74, 6) is 2.42. The minimum Gasteiger partial charge on any atom is -0.493 e. The fourth-order valence-corrected chi connectivity index (χ4v) is 3.27. The monoisotopic (exact) mass is 518 g/mol. The Kier molecular flexibility index (Phi) is 10.0. The number of nitrogens with one attached hydrogen (secondary N) is 2. The molecule has 1 aromatic carbocycles. The van der Waals surface area contributed by atoms with Crippen LogP contribution in [0.25, 0.3) is 0 Å². The van der Waals surface area contributed by atoms with Crippen LogP contribution < -0.4 is 20.1 Å². The molecular weight excluding hydrogens is 483 g/mol. The molecule has 0 saturated carbocycles. The quantitative estimate of drug-likeness (QED) is 0.330. The molecule has 1 fully saturated rings. The molecule has 1 aliphatic heterocycles. The minimum atomic E-state index is -0.179. The number of carbonyl (C=O) groups is 1. The third-order valence-electron chi connectivity index (χ3n) is 5.11. The van der Waals surface area contributed by atoms with Crippen molar-refractivity contribution in [2.24, 2.45) is 4.99 Å². The topological polar surface area (TPSA) is 75.2 Å². The van der Waals surface area contributed by atoms with E-state index in [1.54, 1.807) is 19.1 Å². The molecule has 0 aromatic heterocycles. The fourth-order valence-electron chi connectivity index (χ4n) is 3.27. The lowest BCUT2D eigenvalue weighted by Crippen LogP contribution is -2.52. The van der Waals surface area contributed by atoms with E-state index in [0.717, 1.165) is 36.0 Å². The predicted molar refractivity (Wildman–Crippen MR) is 128 cm³/mol. The Morgan fingerprint density at radius 2 is 1.97 bits per heavy atom. The van der Waals surface area contributed by atoms with E-state index >= 15 is 0 Å². The van der Waals surface area contributed by atoms with Crippen molar-refractivity contribution < 1.29 is 14.3 Å². The van der Waals surface area contributed by atoms with Crippen LogP contribution in [0.2, 0.25) is 0 Å². The summed E-state index contributed by atoms with van der Waals surface area (Å²) in [5, 5.41) is 6.78. The summed E-state index contributed by atoms with van der Waals surface area (Å²) >= 11 is 0. The number of guanidine groups is 1. The van der Waals surface area contributed by atoms with Crippen molar-refractivity contribution in [1.29, 1.82) is 0 Å². The highest BCUT2D eigenvalue weighted by atomic mass is 127. The number of likely N-dealkylation sites (tertiary alicyclic amines) is 1. The Bertz CT molecular complexity index is 709. The van der Waals surface area contributed by atoms with Crippen LogP contribution in [0.15, 0.2) is 23.2 Å². The van der Waals surface area contributed by atoms with Crippen LogP contribution in [0.1, 0.15) is 39.2 Å². The lowest BCUT2D eigenvalue weighted by atomic mass is 9.84. The molecule has 1 saturated heterocycles. The zero-order valence-corrected chi connectivity index (χ0v) is 20.7. The van der Waals surface area contributed by atoms with Gasteiger partial charge in [-0.3, -0.25) is 9.79 Å². The first kappa shape index (κ1) is 25.3. The third kappa shape index (κ3) is 6.94. The van der Waals surface area contributed by atoms with E-state index in [9.17, 15) is 4.79 Å². The number of aliphatic imine (C=N–C) groups is 1. The maximum absolute atomic E-state index is 11.7. The normalized spacial score (nSPS) is 17.4. The van der Waals surface area contributed by atoms with Crippen LogP contribution in [0.3, 0.4) is 0 Å². The molecule has 0 aliphatic carbocycles. The summed E-state index contributed by atoms with van der Waals surface area (Å²) in [6.07, 6.45) is 1.40. The number of likely N-dealkylation sites (N-methyl/N-ethyl adjacent to an activating group) is 1. The number of amides is 1. The summed E-state index contributed by atoms with van der Waals surface area (Å²) in [5.41, 5.74) is 0.953. The summed E-state index contributed by atoms with van der Waals surface area (Å²) in [6, 6.07) is 6.21. The van der Waals surface area contributed by atoms with E-state index in [1.807, 2.05) is 26.1 Å². The largest absolute Gasteiger partial charge is 0.493 e. The van der Waals surface area contributed by atoms with Gasteiger partial charge in [0.1, 0.15) is 0 Å². The van der Waals surface area contributed by atoms with E-state index in [-0.39, 0.29) is 41.3 Å². The van der Waals surface area contributed by atoms with Gasteiger partial charge in [0.05, 0.1) is 20.8 Å². The number of methoxy groups -OCH3 is 2. The number of piperidine rings is 1. The van der Waals surface area contributed by atoms with Gasteiger partial charge in [0, 0.05) is 38.0 Å². The summed E-state index contributed by atoms with van der Waals surface area (Å²) in [7, 11) is 5.13. The maximum atomic E-state index is 11.7. The number of ether oxygens (including phenoxy) is 2. The van der Waals surface area contributed by atoms with Gasteiger partial charge in [0.25, 0.3) is 0 Å². The zero-order valence-electron chi connectivity index (χ0n) is 18.4. The number of carbonyl (C=O) groups excluding carboxylic acids is 1. The Hall–Kier alpha value is -1.71. The number of rotatable bonds is 7. The SMILES string of the molecule is CCNC(=NCC(C)(C)c1ccc(OC)c(OC)c1)NC1CCC(=O)N(C)C1.I. The van der Waals surface area contributed by atoms with Gasteiger partial charge in [-0.25, -0.2) is 0 Å². The highest BCUT2D eigenvalue weighted by Crippen LogP contribution is 2.33. The van der Waals surface area contributed by atoms with Gasteiger partial charge in [-0.2, -0.15) is 0 Å². The molecule has 1 aromatic rings. The molecule has 0 radical (unpaired) electrons. The second-order valence-electron chi connectivity index (χ2n) is 7.80. The molecule has 1 heterocycles. The van der Waals surface area contributed by atoms with Crippen molar-refractivity contribution in [3.8, 4) is 11.5 Å². The molecule has 29 heavy (non-hydrogen) atoms. The van der Waals surface area contributed by atoms with Crippen molar-refractivity contribution >= 4 is 35.8 Å². The second-order valence-corrected chi connectivity index (χ2v) is 7.80. The molecule has 2 rings (SSSR count). The molecule has 7 nitrogen and oxygen atoms in total. The fraction of sp³-hybridized carbons (Fsp3) is 0.619.